The van der Waals surface area contributed by atoms with Gasteiger partial charge in [-0.2, -0.15) is 0 Å². The SMILES string of the molecule is Cc1cn([C@@H]2C3CO[C@H]2C2OC(P)OC[C@H]2O3)c(=O)[nH]c1=O. The molecule has 1 aromatic heterocycles. The summed E-state index contributed by atoms with van der Waals surface area (Å²) >= 11 is 0. The highest BCUT2D eigenvalue weighted by molar-refractivity contribution is 7.16. The Morgan fingerprint density at radius 1 is 1.18 bits per heavy atom. The van der Waals surface area contributed by atoms with E-state index in [1.54, 1.807) is 13.1 Å². The first-order valence-electron chi connectivity index (χ1n) is 7.16. The number of rotatable bonds is 1. The van der Waals surface area contributed by atoms with Crippen molar-refractivity contribution in [1.29, 1.82) is 0 Å². The molecule has 3 aliphatic heterocycles. The number of nitrogens with zero attached hydrogens (tertiary/aromatic N) is 1. The molecule has 0 radical (unpaired) electrons. The molecule has 120 valence electrons. The number of nitrogens with one attached hydrogen (secondary N) is 1. The zero-order chi connectivity index (χ0) is 15.4. The van der Waals surface area contributed by atoms with Crippen LogP contribution in [0.5, 0.6) is 0 Å². The van der Waals surface area contributed by atoms with Gasteiger partial charge >= 0.3 is 5.69 Å². The van der Waals surface area contributed by atoms with Gasteiger partial charge in [0.15, 0.2) is 6.03 Å². The zero-order valence-electron chi connectivity index (χ0n) is 11.9. The van der Waals surface area contributed by atoms with E-state index in [1.807, 2.05) is 0 Å². The van der Waals surface area contributed by atoms with Gasteiger partial charge in [0.1, 0.15) is 24.4 Å². The third-order valence-electron chi connectivity index (χ3n) is 4.39. The molecular weight excluding hydrogens is 311 g/mol. The summed E-state index contributed by atoms with van der Waals surface area (Å²) in [7, 11) is 2.46. The van der Waals surface area contributed by atoms with Gasteiger partial charge in [0.25, 0.3) is 5.56 Å². The molecule has 4 heterocycles. The zero-order valence-corrected chi connectivity index (χ0v) is 13.1. The molecule has 3 fully saturated rings. The van der Waals surface area contributed by atoms with Gasteiger partial charge in [0, 0.05) is 11.8 Å². The predicted octanol–water partition coefficient (Wildman–Crippen LogP) is -0.874. The minimum absolute atomic E-state index is 0.204. The lowest BCUT2D eigenvalue weighted by Gasteiger charge is -2.44. The first-order valence-corrected chi connectivity index (χ1v) is 7.83. The first kappa shape index (κ1) is 14.5. The Hall–Kier alpha value is -1.05. The average Bonchev–Trinajstić information content (AvgIpc) is 2.79. The standard InChI is InChI=1S/C13H17N2O6P/c1-5-2-15(12(17)14-11(5)16)8-6-3-18-10(8)9-7(20-6)4-19-13(22)21-9/h2,6-10,13H,3-4,22H2,1H3,(H,14,16,17)/t6?,7-,8-,9?,10-,13?/m1/s1. The summed E-state index contributed by atoms with van der Waals surface area (Å²) in [5, 5.41) is 0. The third-order valence-corrected chi connectivity index (χ3v) is 4.74. The van der Waals surface area contributed by atoms with E-state index in [1.165, 1.54) is 4.57 Å². The monoisotopic (exact) mass is 328 g/mol. The summed E-state index contributed by atoms with van der Waals surface area (Å²) in [6.07, 6.45) is 0.479. The maximum Gasteiger partial charge on any atom is 0.328 e. The number of hydrogen-bond acceptors (Lipinski definition) is 6. The third kappa shape index (κ3) is 2.18. The smallest absolute Gasteiger partial charge is 0.328 e. The van der Waals surface area contributed by atoms with E-state index in [0.29, 0.717) is 18.8 Å². The number of hydrogen-bond donors (Lipinski definition) is 1. The van der Waals surface area contributed by atoms with E-state index >= 15 is 0 Å². The fraction of sp³-hybridized carbons (Fsp3) is 0.692. The lowest BCUT2D eigenvalue weighted by molar-refractivity contribution is -0.267. The average molecular weight is 328 g/mol. The second-order valence-corrected chi connectivity index (χ2v) is 6.33. The number of ether oxygens (including phenoxy) is 4. The van der Waals surface area contributed by atoms with Crippen molar-refractivity contribution in [1.82, 2.24) is 9.55 Å². The normalized spacial score (nSPS) is 40.5. The van der Waals surface area contributed by atoms with Crippen molar-refractivity contribution < 1.29 is 18.9 Å². The molecule has 4 unspecified atom stereocenters. The fourth-order valence-electron chi connectivity index (χ4n) is 3.37. The van der Waals surface area contributed by atoms with Gasteiger partial charge < -0.3 is 18.9 Å². The summed E-state index contributed by atoms with van der Waals surface area (Å²) in [4.78, 5) is 26.0. The van der Waals surface area contributed by atoms with Crippen LogP contribution in [0.25, 0.3) is 0 Å². The number of H-pyrrole nitrogens is 1. The Bertz CT molecular complexity index is 703. The molecule has 0 aromatic carbocycles. The van der Waals surface area contributed by atoms with Crippen molar-refractivity contribution in [2.24, 2.45) is 0 Å². The van der Waals surface area contributed by atoms with Crippen molar-refractivity contribution in [3.05, 3.63) is 32.6 Å². The highest BCUT2D eigenvalue weighted by atomic mass is 31.0. The molecule has 8 nitrogen and oxygen atoms in total. The van der Waals surface area contributed by atoms with Gasteiger partial charge in [-0.15, -0.1) is 0 Å². The second kappa shape index (κ2) is 5.25. The van der Waals surface area contributed by atoms with Crippen LogP contribution >= 0.6 is 9.24 Å². The summed E-state index contributed by atoms with van der Waals surface area (Å²) < 4.78 is 24.5. The quantitative estimate of drug-likeness (QED) is 0.674. The van der Waals surface area contributed by atoms with E-state index in [0.717, 1.165) is 0 Å². The van der Waals surface area contributed by atoms with Crippen molar-refractivity contribution in [3.8, 4) is 0 Å². The minimum atomic E-state index is -0.461. The van der Waals surface area contributed by atoms with Crippen LogP contribution in [0.3, 0.4) is 0 Å². The molecule has 3 saturated heterocycles. The molecule has 2 bridgehead atoms. The van der Waals surface area contributed by atoms with Crippen molar-refractivity contribution in [2.45, 2.75) is 43.4 Å². The van der Waals surface area contributed by atoms with Crippen LogP contribution < -0.4 is 11.2 Å². The summed E-state index contributed by atoms with van der Waals surface area (Å²) in [6.45, 7) is 2.48. The largest absolute Gasteiger partial charge is 0.370 e. The lowest BCUT2D eigenvalue weighted by Crippen LogP contribution is -2.58. The lowest BCUT2D eigenvalue weighted by atomic mass is 9.94. The first-order chi connectivity index (χ1) is 10.5. The Kier molecular flexibility index (Phi) is 3.47. The molecular formula is C13H17N2O6P. The second-order valence-electron chi connectivity index (χ2n) is 5.78. The van der Waals surface area contributed by atoms with Gasteiger partial charge in [-0.1, -0.05) is 9.24 Å². The van der Waals surface area contributed by atoms with Gasteiger partial charge in [0.05, 0.1) is 19.3 Å². The van der Waals surface area contributed by atoms with Crippen LogP contribution in [-0.2, 0) is 18.9 Å². The molecule has 1 N–H and O–H groups in total. The van der Waals surface area contributed by atoms with Gasteiger partial charge in [-0.05, 0) is 6.92 Å². The Labute approximate surface area is 127 Å². The fourth-order valence-corrected chi connectivity index (χ4v) is 3.66. The molecule has 9 heteroatoms. The van der Waals surface area contributed by atoms with E-state index in [-0.39, 0.29) is 36.0 Å². The minimum Gasteiger partial charge on any atom is -0.370 e. The molecule has 22 heavy (non-hydrogen) atoms. The molecule has 4 rings (SSSR count). The summed E-state index contributed by atoms with van der Waals surface area (Å²) in [6, 6.07) is -0.736. The van der Waals surface area contributed by atoms with E-state index < -0.39 is 11.7 Å². The molecule has 1 aromatic rings. The highest BCUT2D eigenvalue weighted by Crippen LogP contribution is 2.41. The topological polar surface area (TPSA) is 91.8 Å². The van der Waals surface area contributed by atoms with Crippen molar-refractivity contribution in [2.75, 3.05) is 13.2 Å². The maximum absolute atomic E-state index is 12.2. The van der Waals surface area contributed by atoms with Gasteiger partial charge in [-0.3, -0.25) is 14.3 Å². The van der Waals surface area contributed by atoms with Crippen molar-refractivity contribution in [3.63, 3.8) is 0 Å². The number of aromatic amines is 1. The van der Waals surface area contributed by atoms with Crippen molar-refractivity contribution >= 4 is 9.24 Å². The van der Waals surface area contributed by atoms with Crippen LogP contribution in [0.1, 0.15) is 11.6 Å². The Morgan fingerprint density at radius 2 is 1.95 bits per heavy atom. The molecule has 7 atom stereocenters. The maximum atomic E-state index is 12.2. The Morgan fingerprint density at radius 3 is 2.77 bits per heavy atom. The summed E-state index contributed by atoms with van der Waals surface area (Å²) in [5.41, 5.74) is -0.368. The molecule has 0 spiro atoms. The number of aromatic nitrogens is 2. The van der Waals surface area contributed by atoms with Crippen LogP contribution in [0.15, 0.2) is 15.8 Å². The van der Waals surface area contributed by atoms with E-state index in [2.05, 4.69) is 14.2 Å². The molecule has 0 amide bonds. The van der Waals surface area contributed by atoms with Gasteiger partial charge in [-0.25, -0.2) is 4.79 Å². The summed E-state index contributed by atoms with van der Waals surface area (Å²) in [5.74, 6) is 0. The van der Waals surface area contributed by atoms with Crippen LogP contribution in [0.2, 0.25) is 0 Å². The van der Waals surface area contributed by atoms with E-state index in [4.69, 9.17) is 18.9 Å². The molecule has 0 saturated carbocycles. The van der Waals surface area contributed by atoms with Crippen LogP contribution in [0, 0.1) is 6.92 Å². The number of fused-ring (bicyclic) bond motifs is 4. The molecule has 0 aliphatic carbocycles. The van der Waals surface area contributed by atoms with Crippen LogP contribution in [-0.4, -0.2) is 53.2 Å². The Balaban J connectivity index is 1.73. The van der Waals surface area contributed by atoms with E-state index in [9.17, 15) is 9.59 Å². The van der Waals surface area contributed by atoms with Crippen LogP contribution in [0.4, 0.5) is 0 Å². The van der Waals surface area contributed by atoms with Gasteiger partial charge in [0.2, 0.25) is 0 Å². The predicted molar refractivity (Wildman–Crippen MR) is 77.8 cm³/mol. The molecule has 3 aliphatic rings. The highest BCUT2D eigenvalue weighted by Gasteiger charge is 2.54. The number of aryl methyl sites for hydroxylation is 1.